The largest absolute Gasteiger partial charge is 0.340 e. The van der Waals surface area contributed by atoms with Crippen molar-refractivity contribution in [2.75, 3.05) is 19.6 Å². The molecule has 12 heavy (non-hydrogen) atoms. The van der Waals surface area contributed by atoms with Crippen molar-refractivity contribution in [1.82, 2.24) is 10.2 Å². The Labute approximate surface area is 73.4 Å². The van der Waals surface area contributed by atoms with E-state index in [2.05, 4.69) is 11.9 Å². The van der Waals surface area contributed by atoms with Crippen LogP contribution < -0.4 is 5.32 Å². The van der Waals surface area contributed by atoms with Crippen molar-refractivity contribution in [3.63, 3.8) is 0 Å². The second kappa shape index (κ2) is 4.26. The van der Waals surface area contributed by atoms with Crippen LogP contribution in [0.1, 0.15) is 13.3 Å². The molecule has 0 saturated carbocycles. The molecule has 1 rings (SSSR count). The Morgan fingerprint density at radius 3 is 3.25 bits per heavy atom. The molecule has 1 N–H and O–H groups in total. The molecule has 1 unspecified atom stereocenters. The summed E-state index contributed by atoms with van der Waals surface area (Å²) in [6, 6.07) is -0.0106. The van der Waals surface area contributed by atoms with Gasteiger partial charge >= 0.3 is 0 Å². The first kappa shape index (κ1) is 9.26. The quantitative estimate of drug-likeness (QED) is 0.618. The van der Waals surface area contributed by atoms with Gasteiger partial charge in [0.05, 0.1) is 6.04 Å². The highest BCUT2D eigenvalue weighted by atomic mass is 16.2. The van der Waals surface area contributed by atoms with Gasteiger partial charge in [0.2, 0.25) is 5.91 Å². The molecule has 0 bridgehead atoms. The van der Waals surface area contributed by atoms with Crippen molar-refractivity contribution in [3.8, 4) is 0 Å². The van der Waals surface area contributed by atoms with Gasteiger partial charge < -0.3 is 10.2 Å². The van der Waals surface area contributed by atoms with Crippen LogP contribution >= 0.6 is 0 Å². The second-order valence-electron chi connectivity index (χ2n) is 3.08. The maximum absolute atomic E-state index is 11.5. The first-order valence-electron chi connectivity index (χ1n) is 4.38. The molecule has 1 amide bonds. The molecule has 1 atom stereocenters. The summed E-state index contributed by atoms with van der Waals surface area (Å²) in [6.45, 7) is 8.09. The van der Waals surface area contributed by atoms with E-state index in [1.807, 2.05) is 17.9 Å². The zero-order valence-corrected chi connectivity index (χ0v) is 7.55. The van der Waals surface area contributed by atoms with E-state index in [1.54, 1.807) is 0 Å². The van der Waals surface area contributed by atoms with Crippen LogP contribution in [0.3, 0.4) is 0 Å². The fraction of sp³-hybridized carbons (Fsp3) is 0.667. The molecular formula is C9H16N2O. The fourth-order valence-corrected chi connectivity index (χ4v) is 1.36. The van der Waals surface area contributed by atoms with E-state index in [4.69, 9.17) is 0 Å². The number of nitrogens with one attached hydrogen (secondary N) is 1. The lowest BCUT2D eigenvalue weighted by Crippen LogP contribution is -2.53. The van der Waals surface area contributed by atoms with Crippen LogP contribution in [0.2, 0.25) is 0 Å². The maximum atomic E-state index is 11.5. The number of piperazine rings is 1. The highest BCUT2D eigenvalue weighted by Gasteiger charge is 2.23. The fourth-order valence-electron chi connectivity index (χ4n) is 1.36. The molecule has 1 aliphatic rings. The molecule has 0 radical (unpaired) electrons. The van der Waals surface area contributed by atoms with E-state index < -0.39 is 0 Å². The van der Waals surface area contributed by atoms with Gasteiger partial charge in [-0.2, -0.15) is 0 Å². The molecule has 68 valence electrons. The molecule has 0 aromatic heterocycles. The SMILES string of the molecule is C=CCCN1CCNC(C)C1=O. The van der Waals surface area contributed by atoms with E-state index in [9.17, 15) is 4.79 Å². The van der Waals surface area contributed by atoms with Crippen LogP contribution in [0.5, 0.6) is 0 Å². The van der Waals surface area contributed by atoms with Gasteiger partial charge in [-0.3, -0.25) is 4.79 Å². The number of carbonyl (C=O) groups is 1. The molecule has 1 saturated heterocycles. The third-order valence-electron chi connectivity index (χ3n) is 2.12. The van der Waals surface area contributed by atoms with E-state index in [0.29, 0.717) is 0 Å². The van der Waals surface area contributed by atoms with Crippen molar-refractivity contribution in [2.24, 2.45) is 0 Å². The van der Waals surface area contributed by atoms with Gasteiger partial charge in [0, 0.05) is 19.6 Å². The van der Waals surface area contributed by atoms with Crippen molar-refractivity contribution < 1.29 is 4.79 Å². The number of hydrogen-bond donors (Lipinski definition) is 1. The van der Waals surface area contributed by atoms with Gasteiger partial charge in [0.1, 0.15) is 0 Å². The van der Waals surface area contributed by atoms with Crippen molar-refractivity contribution in [3.05, 3.63) is 12.7 Å². The average Bonchev–Trinajstić information content (AvgIpc) is 2.08. The summed E-state index contributed by atoms with van der Waals surface area (Å²) in [4.78, 5) is 13.4. The normalized spacial score (nSPS) is 24.2. The molecule has 3 heteroatoms. The second-order valence-corrected chi connectivity index (χ2v) is 3.08. The van der Waals surface area contributed by atoms with Gasteiger partial charge in [-0.05, 0) is 13.3 Å². The number of hydrogen-bond acceptors (Lipinski definition) is 2. The third kappa shape index (κ3) is 2.08. The van der Waals surface area contributed by atoms with E-state index in [1.165, 1.54) is 0 Å². The molecule has 0 aliphatic carbocycles. The Bertz CT molecular complexity index is 179. The predicted molar refractivity (Wildman–Crippen MR) is 48.9 cm³/mol. The zero-order chi connectivity index (χ0) is 8.97. The molecule has 3 nitrogen and oxygen atoms in total. The van der Waals surface area contributed by atoms with Crippen LogP contribution in [-0.2, 0) is 4.79 Å². The number of amides is 1. The first-order valence-corrected chi connectivity index (χ1v) is 4.38. The number of nitrogens with zero attached hydrogens (tertiary/aromatic N) is 1. The highest BCUT2D eigenvalue weighted by molar-refractivity contribution is 5.82. The van der Waals surface area contributed by atoms with Crippen LogP contribution in [0.4, 0.5) is 0 Å². The minimum absolute atomic E-state index is 0.0106. The summed E-state index contributed by atoms with van der Waals surface area (Å²) in [6.07, 6.45) is 2.73. The molecule has 0 spiro atoms. The number of carbonyl (C=O) groups excluding carboxylic acids is 1. The molecule has 0 aromatic rings. The van der Waals surface area contributed by atoms with E-state index in [0.717, 1.165) is 26.1 Å². The summed E-state index contributed by atoms with van der Waals surface area (Å²) in [5.41, 5.74) is 0. The van der Waals surface area contributed by atoms with Crippen LogP contribution in [0.25, 0.3) is 0 Å². The summed E-state index contributed by atoms with van der Waals surface area (Å²) >= 11 is 0. The molecule has 1 heterocycles. The van der Waals surface area contributed by atoms with Gasteiger partial charge in [-0.15, -0.1) is 6.58 Å². The minimum Gasteiger partial charge on any atom is -0.340 e. The Morgan fingerprint density at radius 2 is 2.58 bits per heavy atom. The van der Waals surface area contributed by atoms with E-state index >= 15 is 0 Å². The Hall–Kier alpha value is -0.830. The third-order valence-corrected chi connectivity index (χ3v) is 2.12. The van der Waals surface area contributed by atoms with Crippen LogP contribution in [-0.4, -0.2) is 36.5 Å². The Kier molecular flexibility index (Phi) is 3.29. The van der Waals surface area contributed by atoms with Crippen LogP contribution in [0.15, 0.2) is 12.7 Å². The van der Waals surface area contributed by atoms with Crippen LogP contribution in [0, 0.1) is 0 Å². The van der Waals surface area contributed by atoms with Crippen molar-refractivity contribution in [2.45, 2.75) is 19.4 Å². The lowest BCUT2D eigenvalue weighted by Gasteiger charge is -2.31. The Morgan fingerprint density at radius 1 is 1.83 bits per heavy atom. The van der Waals surface area contributed by atoms with Gasteiger partial charge in [0.15, 0.2) is 0 Å². The van der Waals surface area contributed by atoms with Gasteiger partial charge in [0.25, 0.3) is 0 Å². The first-order chi connectivity index (χ1) is 5.75. The predicted octanol–water partition coefficient (Wildman–Crippen LogP) is 0.383. The highest BCUT2D eigenvalue weighted by Crippen LogP contribution is 2.01. The molecular weight excluding hydrogens is 152 g/mol. The summed E-state index contributed by atoms with van der Waals surface area (Å²) in [7, 11) is 0. The molecule has 1 fully saturated rings. The summed E-state index contributed by atoms with van der Waals surface area (Å²) in [5, 5.41) is 3.12. The number of rotatable bonds is 3. The van der Waals surface area contributed by atoms with Gasteiger partial charge in [-0.1, -0.05) is 6.08 Å². The van der Waals surface area contributed by atoms with Gasteiger partial charge in [-0.25, -0.2) is 0 Å². The Balaban J connectivity index is 2.40. The summed E-state index contributed by atoms with van der Waals surface area (Å²) in [5.74, 6) is 0.211. The topological polar surface area (TPSA) is 32.3 Å². The lowest BCUT2D eigenvalue weighted by molar-refractivity contribution is -0.135. The van der Waals surface area contributed by atoms with Crippen molar-refractivity contribution in [1.29, 1.82) is 0 Å². The standard InChI is InChI=1S/C9H16N2O/c1-3-4-6-11-7-5-10-8(2)9(11)12/h3,8,10H,1,4-7H2,2H3. The minimum atomic E-state index is -0.0106. The average molecular weight is 168 g/mol. The smallest absolute Gasteiger partial charge is 0.239 e. The monoisotopic (exact) mass is 168 g/mol. The van der Waals surface area contributed by atoms with Crippen molar-refractivity contribution >= 4 is 5.91 Å². The maximum Gasteiger partial charge on any atom is 0.239 e. The molecule has 1 aliphatic heterocycles. The summed E-state index contributed by atoms with van der Waals surface area (Å²) < 4.78 is 0. The van der Waals surface area contributed by atoms with E-state index in [-0.39, 0.29) is 11.9 Å². The molecule has 0 aromatic carbocycles. The zero-order valence-electron chi connectivity index (χ0n) is 7.55. The lowest BCUT2D eigenvalue weighted by atomic mass is 10.2.